The Morgan fingerprint density at radius 1 is 1.21 bits per heavy atom. The van der Waals surface area contributed by atoms with Crippen molar-refractivity contribution in [2.45, 2.75) is 23.7 Å². The van der Waals surface area contributed by atoms with E-state index in [1.165, 1.54) is 17.0 Å². The summed E-state index contributed by atoms with van der Waals surface area (Å²) < 4.78 is 66.2. The largest absolute Gasteiger partial charge is 0.435 e. The Bertz CT molecular complexity index is 1520. The van der Waals surface area contributed by atoms with Crippen molar-refractivity contribution in [3.8, 4) is 0 Å². The summed E-state index contributed by atoms with van der Waals surface area (Å²) in [5.41, 5.74) is -3.07. The predicted molar refractivity (Wildman–Crippen MR) is 136 cm³/mol. The normalized spacial score (nSPS) is 22.0. The quantitative estimate of drug-likeness (QED) is 0.499. The zero-order valence-corrected chi connectivity index (χ0v) is 23.2. The molecule has 1 unspecified atom stereocenters. The van der Waals surface area contributed by atoms with Crippen molar-refractivity contribution in [3.63, 3.8) is 0 Å². The number of hydrogen-bond donors (Lipinski definition) is 1. The van der Waals surface area contributed by atoms with Crippen LogP contribution in [0.15, 0.2) is 40.0 Å². The first-order valence-electron chi connectivity index (χ1n) is 10.9. The Morgan fingerprint density at radius 3 is 2.42 bits per heavy atom. The number of halogens is 6. The third kappa shape index (κ3) is 4.37. The minimum atomic E-state index is -4.88. The monoisotopic (exact) mass is 653 g/mol. The van der Waals surface area contributed by atoms with Crippen LogP contribution in [0, 0.1) is 0 Å². The molecule has 3 aliphatic rings. The lowest BCUT2D eigenvalue weighted by atomic mass is 9.81. The molecule has 2 aromatic rings. The molecule has 8 nitrogen and oxygen atoms in total. The van der Waals surface area contributed by atoms with Gasteiger partial charge in [-0.25, -0.2) is 8.42 Å². The van der Waals surface area contributed by atoms with Crippen LogP contribution in [0.1, 0.15) is 33.5 Å². The molecule has 38 heavy (non-hydrogen) atoms. The maximum atomic E-state index is 14.4. The van der Waals surface area contributed by atoms with Gasteiger partial charge in [0.15, 0.2) is 9.84 Å². The van der Waals surface area contributed by atoms with Crippen LogP contribution in [0.4, 0.5) is 13.2 Å². The van der Waals surface area contributed by atoms with Crippen LogP contribution in [-0.2, 0) is 30.6 Å². The number of likely N-dealkylation sites (tertiary alicyclic amines) is 1. The topological polar surface area (TPSA) is 105 Å². The maximum Gasteiger partial charge on any atom is 0.435 e. The van der Waals surface area contributed by atoms with Crippen LogP contribution in [0.5, 0.6) is 0 Å². The molecular formula is C23H17BrCl2F3N3O5S. The van der Waals surface area contributed by atoms with Crippen LogP contribution >= 0.6 is 39.1 Å². The molecule has 0 aromatic heterocycles. The SMILES string of the molecule is CS(=O)(=O)CC(=O)N1CC2(C1)NC(=O)c1cc(C3=NOC(c4cc(Cl)c(Br)c(Cl)c4)(C(F)(F)F)C3)ccc12. The highest BCUT2D eigenvalue weighted by atomic mass is 79.9. The highest BCUT2D eigenvalue weighted by Gasteiger charge is 2.62. The second-order valence-electron chi connectivity index (χ2n) is 9.50. The van der Waals surface area contributed by atoms with Crippen LogP contribution in [-0.4, -0.2) is 62.1 Å². The van der Waals surface area contributed by atoms with E-state index in [9.17, 15) is 31.2 Å². The van der Waals surface area contributed by atoms with Crippen molar-refractivity contribution in [2.75, 3.05) is 25.1 Å². The zero-order valence-electron chi connectivity index (χ0n) is 19.3. The number of hydrogen-bond acceptors (Lipinski definition) is 6. The molecule has 3 heterocycles. The molecule has 3 aliphatic heterocycles. The number of carbonyl (C=O) groups is 2. The summed E-state index contributed by atoms with van der Waals surface area (Å²) in [5.74, 6) is -1.69. The van der Waals surface area contributed by atoms with Crippen molar-refractivity contribution in [1.82, 2.24) is 10.2 Å². The van der Waals surface area contributed by atoms with Gasteiger partial charge in [-0.3, -0.25) is 9.59 Å². The van der Waals surface area contributed by atoms with Gasteiger partial charge in [0.25, 0.3) is 11.5 Å². The molecule has 2 aromatic carbocycles. The Labute approximate surface area is 233 Å². The third-order valence-electron chi connectivity index (χ3n) is 6.76. The lowest BCUT2D eigenvalue weighted by Gasteiger charge is -2.48. The number of oxime groups is 1. The van der Waals surface area contributed by atoms with Crippen LogP contribution in [0.2, 0.25) is 10.0 Å². The molecule has 202 valence electrons. The van der Waals surface area contributed by atoms with E-state index >= 15 is 0 Å². The van der Waals surface area contributed by atoms with Gasteiger partial charge >= 0.3 is 6.18 Å². The second-order valence-corrected chi connectivity index (χ2v) is 13.2. The van der Waals surface area contributed by atoms with E-state index in [4.69, 9.17) is 28.0 Å². The number of rotatable bonds is 4. The molecule has 0 radical (unpaired) electrons. The molecule has 1 fully saturated rings. The summed E-state index contributed by atoms with van der Waals surface area (Å²) in [5, 5.41) is 6.49. The number of alkyl halides is 3. The van der Waals surface area contributed by atoms with E-state index in [1.54, 1.807) is 6.07 Å². The van der Waals surface area contributed by atoms with Crippen molar-refractivity contribution < 1.29 is 36.0 Å². The van der Waals surface area contributed by atoms with E-state index in [2.05, 4.69) is 26.4 Å². The number of sulfone groups is 1. The fourth-order valence-corrected chi connectivity index (χ4v) is 6.22. The van der Waals surface area contributed by atoms with Gasteiger partial charge in [-0.2, -0.15) is 13.2 Å². The molecule has 5 rings (SSSR count). The third-order valence-corrected chi connectivity index (χ3v) is 9.44. The first-order valence-corrected chi connectivity index (χ1v) is 14.6. The van der Waals surface area contributed by atoms with Crippen LogP contribution in [0.3, 0.4) is 0 Å². The van der Waals surface area contributed by atoms with E-state index in [1.807, 2.05) is 0 Å². The lowest BCUT2D eigenvalue weighted by molar-refractivity contribution is -0.275. The predicted octanol–water partition coefficient (Wildman–Crippen LogP) is 4.16. The summed E-state index contributed by atoms with van der Waals surface area (Å²) in [4.78, 5) is 31.4. The van der Waals surface area contributed by atoms with Gasteiger partial charge in [0.2, 0.25) is 5.91 Å². The first kappa shape index (κ1) is 27.2. The smallest absolute Gasteiger partial charge is 0.374 e. The number of carbonyl (C=O) groups excluding carboxylic acids is 2. The van der Waals surface area contributed by atoms with Gasteiger partial charge < -0.3 is 15.1 Å². The van der Waals surface area contributed by atoms with Crippen molar-refractivity contribution in [1.29, 1.82) is 0 Å². The highest BCUT2D eigenvalue weighted by Crippen LogP contribution is 2.51. The zero-order chi connectivity index (χ0) is 27.8. The van der Waals surface area contributed by atoms with E-state index < -0.39 is 51.1 Å². The minimum Gasteiger partial charge on any atom is -0.374 e. The molecule has 1 saturated heterocycles. The van der Waals surface area contributed by atoms with Crippen LogP contribution in [0.25, 0.3) is 0 Å². The number of nitrogens with zero attached hydrogens (tertiary/aromatic N) is 2. The van der Waals surface area contributed by atoms with Crippen molar-refractivity contribution in [3.05, 3.63) is 67.1 Å². The second kappa shape index (κ2) is 8.83. The summed E-state index contributed by atoms with van der Waals surface area (Å²) >= 11 is 15.2. The van der Waals surface area contributed by atoms with E-state index in [-0.39, 0.29) is 50.0 Å². The standard InChI is InChI=1S/C23H17BrCl2F3N3O5S/c1-38(35,36)8-18(33)32-9-21(10-32)14-3-2-11(4-13(14)20(34)30-21)17-7-22(37-31-17,23(27,28)29)12-5-15(25)19(24)16(26)6-12/h2-6H,7-10H2,1H3,(H,30,34). The van der Waals surface area contributed by atoms with Gasteiger partial charge in [-0.15, -0.1) is 0 Å². The Hall–Kier alpha value is -2.35. The summed E-state index contributed by atoms with van der Waals surface area (Å²) in [6, 6.07) is 6.76. The van der Waals surface area contributed by atoms with Gasteiger partial charge in [-0.1, -0.05) is 40.5 Å². The van der Waals surface area contributed by atoms with Gasteiger partial charge in [0.1, 0.15) is 11.3 Å². The van der Waals surface area contributed by atoms with Crippen molar-refractivity contribution >= 4 is 66.5 Å². The molecule has 1 N–H and O–H groups in total. The molecule has 2 amide bonds. The molecular weight excluding hydrogens is 638 g/mol. The number of fused-ring (bicyclic) bond motifs is 2. The minimum absolute atomic E-state index is 0.0303. The summed E-state index contributed by atoms with van der Waals surface area (Å²) in [7, 11) is -3.51. The fourth-order valence-electron chi connectivity index (χ4n) is 4.87. The average molecular weight is 655 g/mol. The lowest BCUT2D eigenvalue weighted by Crippen LogP contribution is -2.67. The molecule has 1 spiro atoms. The average Bonchev–Trinajstić information content (AvgIpc) is 3.35. The first-order chi connectivity index (χ1) is 17.6. The molecule has 15 heteroatoms. The number of nitrogens with one attached hydrogen (secondary N) is 1. The van der Waals surface area contributed by atoms with E-state index in [0.29, 0.717) is 5.56 Å². The van der Waals surface area contributed by atoms with E-state index in [0.717, 1.165) is 18.4 Å². The van der Waals surface area contributed by atoms with Gasteiger partial charge in [0.05, 0.1) is 20.2 Å². The maximum absolute atomic E-state index is 14.4. The Morgan fingerprint density at radius 2 is 1.84 bits per heavy atom. The number of amides is 2. The Balaban J connectivity index is 1.42. The van der Waals surface area contributed by atoms with Gasteiger partial charge in [0, 0.05) is 42.5 Å². The van der Waals surface area contributed by atoms with Crippen molar-refractivity contribution in [2.24, 2.45) is 5.16 Å². The molecule has 0 saturated carbocycles. The summed E-state index contributed by atoms with van der Waals surface area (Å²) in [6.07, 6.45) is -4.62. The van der Waals surface area contributed by atoms with Gasteiger partial charge in [-0.05, 0) is 39.7 Å². The highest BCUT2D eigenvalue weighted by molar-refractivity contribution is 9.10. The number of benzene rings is 2. The molecule has 0 bridgehead atoms. The molecule has 0 aliphatic carbocycles. The Kier molecular flexibility index (Phi) is 6.33. The fraction of sp³-hybridized carbons (Fsp3) is 0.348. The molecule has 1 atom stereocenters. The van der Waals surface area contributed by atoms with Crippen LogP contribution < -0.4 is 5.32 Å². The summed E-state index contributed by atoms with van der Waals surface area (Å²) in [6.45, 7) is 0.150.